The standard InChI is InChI=1S/C27H32N4O3S/c1-33-22-10-11-24-21(18-22)19-31(15-16-35-24)26(32)12-14-30-13-6-5-9-23(30)27-29-28-25(34-27)17-20-7-3-2-4-8-20/h2-4,7-8,10-11,18,23H,5-6,9,12-17,19H2,1H3. The number of benzene rings is 2. The lowest BCUT2D eigenvalue weighted by atomic mass is 10.0. The Morgan fingerprint density at radius 3 is 2.89 bits per heavy atom. The first kappa shape index (κ1) is 23.9. The Hall–Kier alpha value is -2.84. The lowest BCUT2D eigenvalue weighted by Crippen LogP contribution is -2.38. The van der Waals surface area contributed by atoms with E-state index < -0.39 is 0 Å². The van der Waals surface area contributed by atoms with Gasteiger partial charge in [0.25, 0.3) is 0 Å². The van der Waals surface area contributed by atoms with Crippen molar-refractivity contribution in [1.29, 1.82) is 0 Å². The van der Waals surface area contributed by atoms with Gasteiger partial charge in [-0.2, -0.15) is 0 Å². The molecule has 1 fully saturated rings. The number of rotatable bonds is 7. The summed E-state index contributed by atoms with van der Waals surface area (Å²) >= 11 is 1.81. The number of aromatic nitrogens is 2. The number of methoxy groups -OCH3 is 1. The first-order chi connectivity index (χ1) is 17.2. The number of nitrogens with zero attached hydrogens (tertiary/aromatic N) is 4. The molecule has 1 unspecified atom stereocenters. The summed E-state index contributed by atoms with van der Waals surface area (Å²) in [7, 11) is 1.68. The van der Waals surface area contributed by atoms with Crippen molar-refractivity contribution in [1.82, 2.24) is 20.0 Å². The highest BCUT2D eigenvalue weighted by Crippen LogP contribution is 2.32. The minimum atomic E-state index is 0.0817. The van der Waals surface area contributed by atoms with Gasteiger partial charge in [-0.3, -0.25) is 9.69 Å². The lowest BCUT2D eigenvalue weighted by Gasteiger charge is -2.33. The van der Waals surface area contributed by atoms with Crippen LogP contribution in [0.3, 0.4) is 0 Å². The molecule has 7 nitrogen and oxygen atoms in total. The SMILES string of the molecule is COc1ccc2c(c1)CN(C(=O)CCN1CCCCC1c1nnc(Cc3ccccc3)o1)CCS2. The van der Waals surface area contributed by atoms with Gasteiger partial charge in [-0.25, -0.2) is 0 Å². The van der Waals surface area contributed by atoms with Crippen molar-refractivity contribution in [2.75, 3.05) is 32.5 Å². The van der Waals surface area contributed by atoms with E-state index in [1.807, 2.05) is 40.9 Å². The molecule has 1 aromatic heterocycles. The highest BCUT2D eigenvalue weighted by atomic mass is 32.2. The van der Waals surface area contributed by atoms with Crippen molar-refractivity contribution in [2.45, 2.75) is 49.6 Å². The molecule has 184 valence electrons. The lowest BCUT2D eigenvalue weighted by molar-refractivity contribution is -0.132. The topological polar surface area (TPSA) is 71.7 Å². The van der Waals surface area contributed by atoms with Crippen LogP contribution in [0, 0.1) is 0 Å². The van der Waals surface area contributed by atoms with E-state index in [4.69, 9.17) is 9.15 Å². The molecule has 1 atom stereocenters. The van der Waals surface area contributed by atoms with Gasteiger partial charge in [0.15, 0.2) is 0 Å². The van der Waals surface area contributed by atoms with E-state index in [9.17, 15) is 4.79 Å². The Morgan fingerprint density at radius 2 is 2.03 bits per heavy atom. The van der Waals surface area contributed by atoms with Gasteiger partial charge in [-0.1, -0.05) is 36.8 Å². The predicted molar refractivity (Wildman–Crippen MR) is 135 cm³/mol. The number of hydrogen-bond acceptors (Lipinski definition) is 7. The van der Waals surface area contributed by atoms with E-state index in [1.54, 1.807) is 7.11 Å². The maximum atomic E-state index is 13.2. The van der Waals surface area contributed by atoms with Crippen molar-refractivity contribution < 1.29 is 13.9 Å². The summed E-state index contributed by atoms with van der Waals surface area (Å²) in [5.41, 5.74) is 2.32. The molecule has 3 heterocycles. The maximum absolute atomic E-state index is 13.2. The summed E-state index contributed by atoms with van der Waals surface area (Å²) in [6.07, 6.45) is 4.37. The van der Waals surface area contributed by atoms with Crippen LogP contribution in [0.4, 0.5) is 0 Å². The number of amides is 1. The van der Waals surface area contributed by atoms with Crippen LogP contribution in [-0.2, 0) is 17.8 Å². The van der Waals surface area contributed by atoms with Gasteiger partial charge in [0.2, 0.25) is 17.7 Å². The summed E-state index contributed by atoms with van der Waals surface area (Å²) in [4.78, 5) is 18.8. The number of hydrogen-bond donors (Lipinski definition) is 0. The van der Waals surface area contributed by atoms with Crippen molar-refractivity contribution in [3.63, 3.8) is 0 Å². The normalized spacial score (nSPS) is 18.7. The van der Waals surface area contributed by atoms with Gasteiger partial charge in [0, 0.05) is 36.7 Å². The zero-order valence-electron chi connectivity index (χ0n) is 20.2. The zero-order valence-corrected chi connectivity index (χ0v) is 21.0. The number of carbonyl (C=O) groups is 1. The quantitative estimate of drug-likeness (QED) is 0.473. The maximum Gasteiger partial charge on any atom is 0.233 e. The van der Waals surface area contributed by atoms with Gasteiger partial charge in [0.05, 0.1) is 19.6 Å². The molecule has 0 spiro atoms. The van der Waals surface area contributed by atoms with Gasteiger partial charge in [-0.15, -0.1) is 22.0 Å². The van der Waals surface area contributed by atoms with Gasteiger partial charge < -0.3 is 14.1 Å². The molecule has 0 aliphatic carbocycles. The van der Waals surface area contributed by atoms with E-state index in [-0.39, 0.29) is 11.9 Å². The summed E-state index contributed by atoms with van der Waals surface area (Å²) in [6.45, 7) is 3.05. The molecule has 1 amide bonds. The van der Waals surface area contributed by atoms with E-state index in [1.165, 1.54) is 4.90 Å². The van der Waals surface area contributed by atoms with Gasteiger partial charge >= 0.3 is 0 Å². The molecular weight excluding hydrogens is 460 g/mol. The molecule has 8 heteroatoms. The summed E-state index contributed by atoms with van der Waals surface area (Å²) in [6, 6.07) is 16.4. The Kier molecular flexibility index (Phi) is 7.69. The Bertz CT molecular complexity index is 1140. The Balaban J connectivity index is 1.21. The summed E-state index contributed by atoms with van der Waals surface area (Å²) in [5, 5.41) is 8.69. The second kappa shape index (κ2) is 11.3. The van der Waals surface area contributed by atoms with Crippen LogP contribution in [0.1, 0.15) is 54.6 Å². The molecule has 2 aliphatic heterocycles. The number of ether oxygens (including phenoxy) is 1. The zero-order chi connectivity index (χ0) is 24.0. The first-order valence-electron chi connectivity index (χ1n) is 12.4. The molecule has 0 saturated carbocycles. The van der Waals surface area contributed by atoms with E-state index in [0.29, 0.717) is 37.7 Å². The van der Waals surface area contributed by atoms with Crippen LogP contribution in [-0.4, -0.2) is 58.4 Å². The highest BCUT2D eigenvalue weighted by molar-refractivity contribution is 7.99. The summed E-state index contributed by atoms with van der Waals surface area (Å²) < 4.78 is 11.5. The molecule has 2 aromatic carbocycles. The number of piperidine rings is 1. The van der Waals surface area contributed by atoms with Crippen LogP contribution in [0.5, 0.6) is 5.75 Å². The number of likely N-dealkylation sites (tertiary alicyclic amines) is 1. The van der Waals surface area contributed by atoms with Crippen LogP contribution >= 0.6 is 11.8 Å². The number of thioether (sulfide) groups is 1. The van der Waals surface area contributed by atoms with Crippen LogP contribution in [0.25, 0.3) is 0 Å². The molecule has 0 radical (unpaired) electrons. The van der Waals surface area contributed by atoms with E-state index >= 15 is 0 Å². The Labute approximate surface area is 210 Å². The Morgan fingerprint density at radius 1 is 1.14 bits per heavy atom. The molecule has 0 N–H and O–H groups in total. The van der Waals surface area contributed by atoms with Crippen molar-refractivity contribution >= 4 is 17.7 Å². The van der Waals surface area contributed by atoms with Gasteiger partial charge in [-0.05, 0) is 48.7 Å². The van der Waals surface area contributed by atoms with Crippen LogP contribution in [0.15, 0.2) is 57.8 Å². The first-order valence-corrected chi connectivity index (χ1v) is 13.4. The molecule has 3 aromatic rings. The monoisotopic (exact) mass is 492 g/mol. The fourth-order valence-electron chi connectivity index (χ4n) is 4.89. The average Bonchev–Trinajstić information content (AvgIpc) is 3.25. The fraction of sp³-hybridized carbons (Fsp3) is 0.444. The van der Waals surface area contributed by atoms with E-state index in [2.05, 4.69) is 39.4 Å². The molecule has 35 heavy (non-hydrogen) atoms. The number of fused-ring (bicyclic) bond motifs is 1. The van der Waals surface area contributed by atoms with Gasteiger partial charge in [0.1, 0.15) is 5.75 Å². The minimum Gasteiger partial charge on any atom is -0.497 e. The fourth-order valence-corrected chi connectivity index (χ4v) is 5.89. The smallest absolute Gasteiger partial charge is 0.233 e. The number of carbonyl (C=O) groups excluding carboxylic acids is 1. The molecule has 2 aliphatic rings. The largest absolute Gasteiger partial charge is 0.497 e. The molecule has 5 rings (SSSR count). The minimum absolute atomic E-state index is 0.0817. The third-order valence-corrected chi connectivity index (χ3v) is 7.89. The highest BCUT2D eigenvalue weighted by Gasteiger charge is 2.29. The molecular formula is C27H32N4O3S. The third kappa shape index (κ3) is 5.87. The average molecular weight is 493 g/mol. The van der Waals surface area contributed by atoms with Crippen molar-refractivity contribution in [3.05, 3.63) is 71.4 Å². The molecule has 0 bridgehead atoms. The predicted octanol–water partition coefficient (Wildman–Crippen LogP) is 4.72. The third-order valence-electron chi connectivity index (χ3n) is 6.79. The van der Waals surface area contributed by atoms with E-state index in [0.717, 1.165) is 55.0 Å². The van der Waals surface area contributed by atoms with Crippen molar-refractivity contribution in [2.24, 2.45) is 0 Å². The molecule has 1 saturated heterocycles. The summed E-state index contributed by atoms with van der Waals surface area (Å²) in [5.74, 6) is 3.25. The second-order valence-electron chi connectivity index (χ2n) is 9.13. The van der Waals surface area contributed by atoms with Crippen molar-refractivity contribution in [3.8, 4) is 5.75 Å². The van der Waals surface area contributed by atoms with Crippen LogP contribution in [0.2, 0.25) is 0 Å². The van der Waals surface area contributed by atoms with Crippen LogP contribution < -0.4 is 4.74 Å². The second-order valence-corrected chi connectivity index (χ2v) is 10.3.